The second-order valence-corrected chi connectivity index (χ2v) is 5.82. The number of urea groups is 1. The highest BCUT2D eigenvalue weighted by molar-refractivity contribution is 5.90. The Labute approximate surface area is 127 Å². The van der Waals surface area contributed by atoms with Gasteiger partial charge in [0.25, 0.3) is 0 Å². The molecular weight excluding hydrogens is 266 g/mol. The molecule has 6 heteroatoms. The molecule has 0 aromatic carbocycles. The molecule has 1 rings (SSSR count). The van der Waals surface area contributed by atoms with Crippen LogP contribution in [0.4, 0.5) is 10.6 Å². The van der Waals surface area contributed by atoms with Crippen molar-refractivity contribution in [2.45, 2.75) is 39.8 Å². The lowest BCUT2D eigenvalue weighted by atomic mass is 10.2. The zero-order chi connectivity index (χ0) is 16.0. The van der Waals surface area contributed by atoms with Crippen molar-refractivity contribution in [3.05, 3.63) is 18.6 Å². The van der Waals surface area contributed by atoms with Crippen LogP contribution >= 0.6 is 0 Å². The van der Waals surface area contributed by atoms with Crippen molar-refractivity contribution >= 4 is 11.8 Å². The molecule has 0 atom stereocenters. The fourth-order valence-corrected chi connectivity index (χ4v) is 2.31. The molecule has 6 nitrogen and oxygen atoms in total. The molecular formula is C15H27N5O. The van der Waals surface area contributed by atoms with Crippen molar-refractivity contribution in [3.63, 3.8) is 0 Å². The van der Waals surface area contributed by atoms with Crippen molar-refractivity contribution in [2.24, 2.45) is 0 Å². The lowest BCUT2D eigenvalue weighted by molar-refractivity contribution is 0.177. The summed E-state index contributed by atoms with van der Waals surface area (Å²) in [6, 6.07) is 0.786. The molecule has 0 radical (unpaired) electrons. The fraction of sp³-hybridized carbons (Fsp3) is 0.667. The molecule has 1 aromatic rings. The molecule has 0 spiro atoms. The number of hydrogen-bond donors (Lipinski definition) is 0. The molecule has 0 saturated carbocycles. The van der Waals surface area contributed by atoms with Crippen LogP contribution in [0.5, 0.6) is 0 Å². The zero-order valence-electron chi connectivity index (χ0n) is 13.9. The van der Waals surface area contributed by atoms with Crippen molar-refractivity contribution in [1.82, 2.24) is 19.8 Å². The van der Waals surface area contributed by atoms with Gasteiger partial charge >= 0.3 is 6.03 Å². The second-order valence-electron chi connectivity index (χ2n) is 5.82. The minimum atomic E-state index is -0.0806. The molecule has 0 aliphatic heterocycles. The fourth-order valence-electron chi connectivity index (χ4n) is 2.31. The van der Waals surface area contributed by atoms with Crippen LogP contribution < -0.4 is 4.90 Å². The van der Waals surface area contributed by atoms with E-state index in [1.807, 2.05) is 0 Å². The minimum absolute atomic E-state index is 0.0806. The average Bonchev–Trinajstić information content (AvgIpc) is 2.43. The predicted molar refractivity (Wildman–Crippen MR) is 85.4 cm³/mol. The molecule has 0 unspecified atom stereocenters. The summed E-state index contributed by atoms with van der Waals surface area (Å²) in [7, 11) is 3.49. The van der Waals surface area contributed by atoms with Crippen molar-refractivity contribution in [2.75, 3.05) is 32.1 Å². The summed E-state index contributed by atoms with van der Waals surface area (Å²) in [5.74, 6) is 0.587. The molecule has 1 heterocycles. The Kier molecular flexibility index (Phi) is 6.55. The summed E-state index contributed by atoms with van der Waals surface area (Å²) < 4.78 is 0. The van der Waals surface area contributed by atoms with E-state index in [-0.39, 0.29) is 6.03 Å². The Balaban J connectivity index is 2.86. The highest BCUT2D eigenvalue weighted by atomic mass is 16.2. The maximum absolute atomic E-state index is 12.4. The number of carbonyl (C=O) groups is 1. The average molecular weight is 293 g/mol. The lowest BCUT2D eigenvalue weighted by Gasteiger charge is -2.33. The summed E-state index contributed by atoms with van der Waals surface area (Å²) in [5.41, 5.74) is 0. The largest absolute Gasteiger partial charge is 0.330 e. The molecule has 0 N–H and O–H groups in total. The Hall–Kier alpha value is -1.69. The third-order valence-corrected chi connectivity index (χ3v) is 3.35. The molecule has 0 aliphatic rings. The van der Waals surface area contributed by atoms with Crippen LogP contribution in [0.3, 0.4) is 0 Å². The highest BCUT2D eigenvalue weighted by Gasteiger charge is 2.21. The maximum atomic E-state index is 12.4. The van der Waals surface area contributed by atoms with Gasteiger partial charge in [-0.1, -0.05) is 0 Å². The number of aromatic nitrogens is 2. The molecule has 0 saturated heterocycles. The third-order valence-electron chi connectivity index (χ3n) is 3.35. The Morgan fingerprint density at radius 1 is 1.10 bits per heavy atom. The maximum Gasteiger partial charge on any atom is 0.325 e. The zero-order valence-corrected chi connectivity index (χ0v) is 13.9. The first-order valence-electron chi connectivity index (χ1n) is 7.35. The van der Waals surface area contributed by atoms with E-state index in [9.17, 15) is 4.79 Å². The van der Waals surface area contributed by atoms with E-state index in [0.29, 0.717) is 24.4 Å². The van der Waals surface area contributed by atoms with E-state index in [1.54, 1.807) is 42.5 Å². The van der Waals surface area contributed by atoms with Crippen molar-refractivity contribution in [3.8, 4) is 0 Å². The Morgan fingerprint density at radius 3 is 2.14 bits per heavy atom. The molecule has 0 fully saturated rings. The standard InChI is InChI=1S/C15H27N5O/c1-12(2)19(13(3)4)9-10-20(15(21)18(5)6)14-11-16-7-8-17-14/h7-8,11-13H,9-10H2,1-6H3. The normalized spacial score (nSPS) is 11.3. The molecule has 118 valence electrons. The van der Waals surface area contributed by atoms with E-state index in [2.05, 4.69) is 42.6 Å². The number of rotatable bonds is 6. The predicted octanol–water partition coefficient (Wildman–Crippen LogP) is 2.08. The number of amides is 2. The first kappa shape index (κ1) is 17.4. The monoisotopic (exact) mass is 293 g/mol. The van der Waals surface area contributed by atoms with Gasteiger partial charge in [0.05, 0.1) is 6.20 Å². The highest BCUT2D eigenvalue weighted by Crippen LogP contribution is 2.12. The summed E-state index contributed by atoms with van der Waals surface area (Å²) in [4.78, 5) is 26.2. The van der Waals surface area contributed by atoms with E-state index in [0.717, 1.165) is 6.54 Å². The smallest absolute Gasteiger partial charge is 0.325 e. The van der Waals surface area contributed by atoms with Gasteiger partial charge in [0.2, 0.25) is 0 Å². The van der Waals surface area contributed by atoms with E-state index in [4.69, 9.17) is 0 Å². The van der Waals surface area contributed by atoms with Crippen molar-refractivity contribution < 1.29 is 4.79 Å². The minimum Gasteiger partial charge on any atom is -0.330 e. The number of carbonyl (C=O) groups excluding carboxylic acids is 1. The summed E-state index contributed by atoms with van der Waals surface area (Å²) in [5, 5.41) is 0. The van der Waals surface area contributed by atoms with Gasteiger partial charge in [-0.15, -0.1) is 0 Å². The Bertz CT molecular complexity index is 425. The van der Waals surface area contributed by atoms with Crippen LogP contribution in [-0.4, -0.2) is 65.1 Å². The van der Waals surface area contributed by atoms with Crippen LogP contribution in [0.1, 0.15) is 27.7 Å². The SMILES string of the molecule is CC(C)N(CCN(C(=O)N(C)C)c1cnccn1)C(C)C. The summed E-state index contributed by atoms with van der Waals surface area (Å²) in [6.07, 6.45) is 4.83. The van der Waals surface area contributed by atoms with Gasteiger partial charge in [0, 0.05) is 51.7 Å². The Morgan fingerprint density at radius 2 is 1.71 bits per heavy atom. The van der Waals surface area contributed by atoms with Crippen LogP contribution in [0.15, 0.2) is 18.6 Å². The van der Waals surface area contributed by atoms with E-state index in [1.165, 1.54) is 0 Å². The van der Waals surface area contributed by atoms with Crippen LogP contribution in [0, 0.1) is 0 Å². The molecule has 0 aliphatic carbocycles. The number of hydrogen-bond acceptors (Lipinski definition) is 4. The van der Waals surface area contributed by atoms with Gasteiger partial charge < -0.3 is 4.90 Å². The first-order chi connectivity index (χ1) is 9.84. The quantitative estimate of drug-likeness (QED) is 0.806. The molecule has 21 heavy (non-hydrogen) atoms. The van der Waals surface area contributed by atoms with Crippen LogP contribution in [-0.2, 0) is 0 Å². The van der Waals surface area contributed by atoms with Crippen molar-refractivity contribution in [1.29, 1.82) is 0 Å². The van der Waals surface area contributed by atoms with Gasteiger partial charge in [-0.3, -0.25) is 14.8 Å². The van der Waals surface area contributed by atoms with E-state index < -0.39 is 0 Å². The van der Waals surface area contributed by atoms with Gasteiger partial charge in [-0.25, -0.2) is 9.78 Å². The molecule has 0 bridgehead atoms. The summed E-state index contributed by atoms with van der Waals surface area (Å²) in [6.45, 7) is 10.1. The number of anilines is 1. The first-order valence-corrected chi connectivity index (χ1v) is 7.35. The number of nitrogens with zero attached hydrogens (tertiary/aromatic N) is 5. The van der Waals surface area contributed by atoms with Gasteiger partial charge in [-0.2, -0.15) is 0 Å². The topological polar surface area (TPSA) is 52.6 Å². The van der Waals surface area contributed by atoms with Crippen LogP contribution in [0.25, 0.3) is 0 Å². The van der Waals surface area contributed by atoms with Gasteiger partial charge in [0.15, 0.2) is 5.82 Å². The second kappa shape index (κ2) is 7.93. The molecule has 2 amide bonds. The van der Waals surface area contributed by atoms with E-state index >= 15 is 0 Å². The molecule has 1 aromatic heterocycles. The lowest BCUT2D eigenvalue weighted by Crippen LogP contribution is -2.47. The summed E-state index contributed by atoms with van der Waals surface area (Å²) >= 11 is 0. The van der Waals surface area contributed by atoms with Crippen LogP contribution in [0.2, 0.25) is 0 Å². The third kappa shape index (κ3) is 4.97. The van der Waals surface area contributed by atoms with Gasteiger partial charge in [0.1, 0.15) is 0 Å². The van der Waals surface area contributed by atoms with Gasteiger partial charge in [-0.05, 0) is 27.7 Å².